The van der Waals surface area contributed by atoms with Crippen molar-refractivity contribution in [3.05, 3.63) is 71.8 Å². The van der Waals surface area contributed by atoms with E-state index in [-0.39, 0.29) is 11.8 Å². The van der Waals surface area contributed by atoms with Gasteiger partial charge in [-0.15, -0.1) is 0 Å². The molecule has 0 aliphatic rings. The minimum Gasteiger partial charge on any atom is -0.272 e. The first-order valence-corrected chi connectivity index (χ1v) is 6.74. The fraction of sp³-hybridized carbons (Fsp3) is 0.176. The molecule has 0 saturated carbocycles. The molecule has 0 heterocycles. The third kappa shape index (κ3) is 3.54. The Morgan fingerprint density at radius 3 is 2.00 bits per heavy atom. The highest BCUT2D eigenvalue weighted by molar-refractivity contribution is 5.87. The summed E-state index contributed by atoms with van der Waals surface area (Å²) in [5.74, 6) is -0.460. The van der Waals surface area contributed by atoms with Crippen LogP contribution >= 0.6 is 0 Å². The van der Waals surface area contributed by atoms with Gasteiger partial charge in [0.1, 0.15) is 0 Å². The standard InChI is InChI=1S/C17H18N2O/c1-2-13-18-19-17(20)16(14-9-5-3-6-10-14)15-11-7-4-8-12-15/h3-13,16H,2H2,1H3,(H,19,20)/b18-13+. The first kappa shape index (κ1) is 14.0. The minimum atomic E-state index is -0.341. The van der Waals surface area contributed by atoms with Crippen LogP contribution in [-0.2, 0) is 4.79 Å². The fourth-order valence-electron chi connectivity index (χ4n) is 2.05. The zero-order chi connectivity index (χ0) is 14.2. The molecule has 0 unspecified atom stereocenters. The van der Waals surface area contributed by atoms with Crippen molar-refractivity contribution in [2.75, 3.05) is 0 Å². The molecule has 1 amide bonds. The minimum absolute atomic E-state index is 0.118. The Balaban J connectivity index is 2.30. The van der Waals surface area contributed by atoms with Gasteiger partial charge in [-0.05, 0) is 17.5 Å². The summed E-state index contributed by atoms with van der Waals surface area (Å²) >= 11 is 0. The number of rotatable bonds is 5. The van der Waals surface area contributed by atoms with Crippen LogP contribution in [0, 0.1) is 0 Å². The fourth-order valence-corrected chi connectivity index (χ4v) is 2.05. The number of carbonyl (C=O) groups is 1. The van der Waals surface area contributed by atoms with Crippen LogP contribution in [0.2, 0.25) is 0 Å². The molecule has 0 atom stereocenters. The SMILES string of the molecule is CC/C=N/NC(=O)C(c1ccccc1)c1ccccc1. The Morgan fingerprint density at radius 2 is 1.55 bits per heavy atom. The van der Waals surface area contributed by atoms with E-state index in [1.807, 2.05) is 67.6 Å². The number of carbonyl (C=O) groups excluding carboxylic acids is 1. The lowest BCUT2D eigenvalue weighted by Crippen LogP contribution is -2.26. The highest BCUT2D eigenvalue weighted by Crippen LogP contribution is 2.24. The molecule has 1 N–H and O–H groups in total. The first-order chi connectivity index (χ1) is 9.83. The van der Waals surface area contributed by atoms with Crippen LogP contribution in [-0.4, -0.2) is 12.1 Å². The van der Waals surface area contributed by atoms with E-state index in [0.29, 0.717) is 0 Å². The van der Waals surface area contributed by atoms with Crippen LogP contribution in [0.5, 0.6) is 0 Å². The normalized spacial score (nSPS) is 10.9. The number of hydrogen-bond acceptors (Lipinski definition) is 2. The largest absolute Gasteiger partial charge is 0.272 e. The molecule has 0 bridgehead atoms. The third-order valence-corrected chi connectivity index (χ3v) is 2.98. The Morgan fingerprint density at radius 1 is 1.05 bits per heavy atom. The van der Waals surface area contributed by atoms with Crippen molar-refractivity contribution in [3.8, 4) is 0 Å². The molecule has 3 nitrogen and oxygen atoms in total. The van der Waals surface area contributed by atoms with Gasteiger partial charge in [0, 0.05) is 6.21 Å². The Labute approximate surface area is 119 Å². The highest BCUT2D eigenvalue weighted by Gasteiger charge is 2.21. The molecule has 2 aromatic rings. The van der Waals surface area contributed by atoms with E-state index in [0.717, 1.165) is 17.5 Å². The number of amides is 1. The van der Waals surface area contributed by atoms with Crippen molar-refractivity contribution in [3.63, 3.8) is 0 Å². The second kappa shape index (κ2) is 7.24. The molecular formula is C17H18N2O. The summed E-state index contributed by atoms with van der Waals surface area (Å²) in [5.41, 5.74) is 4.53. The second-order valence-electron chi connectivity index (χ2n) is 4.45. The lowest BCUT2D eigenvalue weighted by Gasteiger charge is -2.16. The summed E-state index contributed by atoms with van der Waals surface area (Å²) < 4.78 is 0. The van der Waals surface area contributed by atoms with Crippen LogP contribution < -0.4 is 5.43 Å². The second-order valence-corrected chi connectivity index (χ2v) is 4.45. The quantitative estimate of drug-likeness (QED) is 0.654. The summed E-state index contributed by atoms with van der Waals surface area (Å²) in [6, 6.07) is 19.5. The topological polar surface area (TPSA) is 41.5 Å². The molecule has 20 heavy (non-hydrogen) atoms. The van der Waals surface area contributed by atoms with Gasteiger partial charge in [0.25, 0.3) is 5.91 Å². The van der Waals surface area contributed by atoms with Crippen molar-refractivity contribution >= 4 is 12.1 Å². The van der Waals surface area contributed by atoms with Gasteiger partial charge in [-0.2, -0.15) is 5.10 Å². The highest BCUT2D eigenvalue weighted by atomic mass is 16.2. The van der Waals surface area contributed by atoms with Crippen molar-refractivity contribution in [2.45, 2.75) is 19.3 Å². The molecule has 0 saturated heterocycles. The summed E-state index contributed by atoms with van der Waals surface area (Å²) in [4.78, 5) is 12.4. The lowest BCUT2D eigenvalue weighted by atomic mass is 9.91. The Bertz CT molecular complexity index is 525. The number of nitrogens with zero attached hydrogens (tertiary/aromatic N) is 1. The molecular weight excluding hydrogens is 248 g/mol. The maximum absolute atomic E-state index is 12.4. The van der Waals surface area contributed by atoms with E-state index in [2.05, 4.69) is 10.5 Å². The third-order valence-electron chi connectivity index (χ3n) is 2.98. The van der Waals surface area contributed by atoms with Crippen molar-refractivity contribution in [1.82, 2.24) is 5.43 Å². The molecule has 0 aromatic heterocycles. The molecule has 102 valence electrons. The number of nitrogens with one attached hydrogen (secondary N) is 1. The van der Waals surface area contributed by atoms with E-state index < -0.39 is 0 Å². The average Bonchev–Trinajstić information content (AvgIpc) is 2.50. The summed E-state index contributed by atoms with van der Waals surface area (Å²) in [7, 11) is 0. The van der Waals surface area contributed by atoms with Gasteiger partial charge >= 0.3 is 0 Å². The molecule has 0 spiro atoms. The Kier molecular flexibility index (Phi) is 5.07. The molecule has 0 aliphatic heterocycles. The number of benzene rings is 2. The molecule has 2 rings (SSSR count). The van der Waals surface area contributed by atoms with Crippen molar-refractivity contribution in [1.29, 1.82) is 0 Å². The maximum Gasteiger partial charge on any atom is 0.252 e. The van der Waals surface area contributed by atoms with Crippen LogP contribution in [0.3, 0.4) is 0 Å². The first-order valence-electron chi connectivity index (χ1n) is 6.74. The smallest absolute Gasteiger partial charge is 0.252 e. The van der Waals surface area contributed by atoms with Crippen LogP contribution in [0.15, 0.2) is 65.8 Å². The monoisotopic (exact) mass is 266 g/mol. The summed E-state index contributed by atoms with van der Waals surface area (Å²) in [6.07, 6.45) is 2.48. The average molecular weight is 266 g/mol. The van der Waals surface area contributed by atoms with Crippen molar-refractivity contribution in [2.24, 2.45) is 5.10 Å². The predicted octanol–water partition coefficient (Wildman–Crippen LogP) is 3.33. The molecule has 0 aliphatic carbocycles. The van der Waals surface area contributed by atoms with Gasteiger partial charge in [0.05, 0.1) is 5.92 Å². The Hall–Kier alpha value is -2.42. The zero-order valence-electron chi connectivity index (χ0n) is 11.5. The molecule has 0 radical (unpaired) electrons. The number of hydrazone groups is 1. The van der Waals surface area contributed by atoms with Gasteiger partial charge in [0.15, 0.2) is 0 Å². The van der Waals surface area contributed by atoms with Crippen LogP contribution in [0.25, 0.3) is 0 Å². The number of hydrogen-bond donors (Lipinski definition) is 1. The van der Waals surface area contributed by atoms with Gasteiger partial charge in [-0.1, -0.05) is 67.6 Å². The van der Waals surface area contributed by atoms with Crippen molar-refractivity contribution < 1.29 is 4.79 Å². The zero-order valence-corrected chi connectivity index (χ0v) is 11.5. The van der Waals surface area contributed by atoms with Crippen LogP contribution in [0.1, 0.15) is 30.4 Å². The van der Waals surface area contributed by atoms with Gasteiger partial charge < -0.3 is 0 Å². The lowest BCUT2D eigenvalue weighted by molar-refractivity contribution is -0.121. The molecule has 2 aromatic carbocycles. The molecule has 3 heteroatoms. The van der Waals surface area contributed by atoms with Crippen LogP contribution in [0.4, 0.5) is 0 Å². The van der Waals surface area contributed by atoms with E-state index in [9.17, 15) is 4.79 Å². The van der Waals surface area contributed by atoms with Gasteiger partial charge in [-0.3, -0.25) is 4.79 Å². The summed E-state index contributed by atoms with van der Waals surface area (Å²) in [5, 5.41) is 3.94. The molecule has 0 fully saturated rings. The van der Waals surface area contributed by atoms with Gasteiger partial charge in [0.2, 0.25) is 0 Å². The van der Waals surface area contributed by atoms with Gasteiger partial charge in [-0.25, -0.2) is 5.43 Å². The van der Waals surface area contributed by atoms with E-state index in [1.165, 1.54) is 0 Å². The van der Waals surface area contributed by atoms with E-state index in [1.54, 1.807) is 6.21 Å². The predicted molar refractivity (Wildman–Crippen MR) is 81.7 cm³/mol. The van der Waals surface area contributed by atoms with E-state index >= 15 is 0 Å². The van der Waals surface area contributed by atoms with E-state index in [4.69, 9.17) is 0 Å². The maximum atomic E-state index is 12.4. The summed E-state index contributed by atoms with van der Waals surface area (Å²) in [6.45, 7) is 1.97.